The Bertz CT molecular complexity index is 672. The summed E-state index contributed by atoms with van der Waals surface area (Å²) < 4.78 is 7.23. The van der Waals surface area contributed by atoms with Crippen LogP contribution >= 0.6 is 11.6 Å². The van der Waals surface area contributed by atoms with Crippen molar-refractivity contribution >= 4 is 17.6 Å². The Kier molecular flexibility index (Phi) is 7.82. The lowest BCUT2D eigenvalue weighted by Gasteiger charge is -2.24. The number of amides is 2. The quantitative estimate of drug-likeness (QED) is 0.689. The van der Waals surface area contributed by atoms with Crippen LogP contribution in [0.4, 0.5) is 4.79 Å². The third kappa shape index (κ3) is 5.80. The van der Waals surface area contributed by atoms with Crippen LogP contribution in [0.1, 0.15) is 24.6 Å². The van der Waals surface area contributed by atoms with Gasteiger partial charge in [-0.1, -0.05) is 29.8 Å². The molecule has 1 aromatic heterocycles. The predicted molar refractivity (Wildman–Crippen MR) is 101 cm³/mol. The van der Waals surface area contributed by atoms with Crippen LogP contribution in [0.3, 0.4) is 0 Å². The van der Waals surface area contributed by atoms with Crippen LogP contribution in [0, 0.1) is 0 Å². The monoisotopic (exact) mass is 363 g/mol. The first kappa shape index (κ1) is 19.3. The van der Waals surface area contributed by atoms with E-state index < -0.39 is 0 Å². The minimum absolute atomic E-state index is 0.0518. The van der Waals surface area contributed by atoms with Crippen LogP contribution in [0.2, 0.25) is 5.02 Å². The molecule has 0 aliphatic carbocycles. The van der Waals surface area contributed by atoms with E-state index in [2.05, 4.69) is 9.88 Å². The van der Waals surface area contributed by atoms with E-state index in [1.807, 2.05) is 54.4 Å². The zero-order valence-corrected chi connectivity index (χ0v) is 15.6. The Morgan fingerprint density at radius 1 is 1.28 bits per heavy atom. The number of nitrogens with zero attached hydrogens (tertiary/aromatic N) is 2. The summed E-state index contributed by atoms with van der Waals surface area (Å²) >= 11 is 6.27. The summed E-state index contributed by atoms with van der Waals surface area (Å²) in [6, 6.07) is 11.8. The second-order valence-corrected chi connectivity index (χ2v) is 6.23. The number of urea groups is 1. The van der Waals surface area contributed by atoms with Gasteiger partial charge in [-0.25, -0.2) is 4.79 Å². The van der Waals surface area contributed by atoms with Crippen LogP contribution in [0.5, 0.6) is 0 Å². The number of aromatic nitrogens is 1. The largest absolute Gasteiger partial charge is 0.385 e. The Morgan fingerprint density at radius 2 is 2.08 bits per heavy atom. The smallest absolute Gasteiger partial charge is 0.317 e. The molecule has 0 fully saturated rings. The summed E-state index contributed by atoms with van der Waals surface area (Å²) in [4.78, 5) is 14.2. The van der Waals surface area contributed by atoms with E-state index in [1.54, 1.807) is 7.11 Å². The SMILES string of the molecule is CCNC(=O)N(CCCOC)Cc1cccn1Cc1ccccc1Cl. The number of hydrogen-bond acceptors (Lipinski definition) is 2. The van der Waals surface area contributed by atoms with Gasteiger partial charge in [0.15, 0.2) is 0 Å². The number of halogens is 1. The van der Waals surface area contributed by atoms with E-state index in [1.165, 1.54) is 0 Å². The number of methoxy groups -OCH3 is 1. The van der Waals surface area contributed by atoms with Gasteiger partial charge in [0, 0.05) is 50.3 Å². The third-order valence-electron chi connectivity index (χ3n) is 3.97. The van der Waals surface area contributed by atoms with Crippen LogP contribution in [-0.4, -0.2) is 42.3 Å². The standard InChI is InChI=1S/C19H26ClN3O2/c1-3-21-19(24)23(12-7-13-25-2)15-17-9-6-11-22(17)14-16-8-4-5-10-18(16)20/h4-6,8-11H,3,7,12-15H2,1-2H3,(H,21,24). The second kappa shape index (κ2) is 10.1. The first-order valence-corrected chi connectivity index (χ1v) is 8.92. The number of ether oxygens (including phenoxy) is 1. The molecule has 6 heteroatoms. The fraction of sp³-hybridized carbons (Fsp3) is 0.421. The van der Waals surface area contributed by atoms with Gasteiger partial charge in [-0.2, -0.15) is 0 Å². The maximum absolute atomic E-state index is 12.3. The lowest BCUT2D eigenvalue weighted by atomic mass is 10.2. The van der Waals surface area contributed by atoms with Gasteiger partial charge in [0.05, 0.1) is 6.54 Å². The van der Waals surface area contributed by atoms with E-state index in [4.69, 9.17) is 16.3 Å². The maximum atomic E-state index is 12.3. The Hall–Kier alpha value is -1.98. The van der Waals surface area contributed by atoms with Crippen molar-refractivity contribution < 1.29 is 9.53 Å². The topological polar surface area (TPSA) is 46.5 Å². The fourth-order valence-corrected chi connectivity index (χ4v) is 2.86. The molecule has 0 radical (unpaired) electrons. The highest BCUT2D eigenvalue weighted by molar-refractivity contribution is 6.31. The molecular formula is C19H26ClN3O2. The van der Waals surface area contributed by atoms with Gasteiger partial charge in [0.25, 0.3) is 0 Å². The normalized spacial score (nSPS) is 10.7. The number of carbonyl (C=O) groups is 1. The van der Waals surface area contributed by atoms with Gasteiger partial charge in [-0.3, -0.25) is 0 Å². The molecule has 0 aliphatic rings. The van der Waals surface area contributed by atoms with Crippen LogP contribution in [0.15, 0.2) is 42.6 Å². The second-order valence-electron chi connectivity index (χ2n) is 5.82. The number of carbonyl (C=O) groups excluding carboxylic acids is 1. The predicted octanol–water partition coefficient (Wildman–Crippen LogP) is 3.76. The molecule has 1 aromatic carbocycles. The average molecular weight is 364 g/mol. The first-order valence-electron chi connectivity index (χ1n) is 8.54. The number of benzene rings is 1. The molecule has 0 spiro atoms. The van der Waals surface area contributed by atoms with Crippen LogP contribution in [0.25, 0.3) is 0 Å². The van der Waals surface area contributed by atoms with Crippen molar-refractivity contribution in [1.82, 2.24) is 14.8 Å². The lowest BCUT2D eigenvalue weighted by Crippen LogP contribution is -2.40. The summed E-state index contributed by atoms with van der Waals surface area (Å²) in [6.45, 7) is 5.05. The average Bonchev–Trinajstić information content (AvgIpc) is 3.03. The highest BCUT2D eigenvalue weighted by Crippen LogP contribution is 2.18. The molecule has 1 N–H and O–H groups in total. The summed E-state index contributed by atoms with van der Waals surface area (Å²) in [5.41, 5.74) is 2.13. The molecule has 2 amide bonds. The van der Waals surface area contributed by atoms with E-state index in [9.17, 15) is 4.79 Å². The van der Waals surface area contributed by atoms with Gasteiger partial charge in [-0.05, 0) is 37.1 Å². The molecule has 136 valence electrons. The summed E-state index contributed by atoms with van der Waals surface area (Å²) in [6.07, 6.45) is 2.82. The molecular weight excluding hydrogens is 338 g/mol. The number of hydrogen-bond donors (Lipinski definition) is 1. The van der Waals surface area contributed by atoms with Crippen molar-refractivity contribution in [3.63, 3.8) is 0 Å². The maximum Gasteiger partial charge on any atom is 0.317 e. The number of rotatable bonds is 9. The van der Waals surface area contributed by atoms with E-state index in [0.29, 0.717) is 32.8 Å². The molecule has 0 bridgehead atoms. The minimum atomic E-state index is -0.0518. The molecule has 0 saturated heterocycles. The van der Waals surface area contributed by atoms with Gasteiger partial charge >= 0.3 is 6.03 Å². The molecule has 2 aromatic rings. The molecule has 1 heterocycles. The first-order chi connectivity index (χ1) is 12.2. The highest BCUT2D eigenvalue weighted by Gasteiger charge is 2.15. The third-order valence-corrected chi connectivity index (χ3v) is 4.34. The van der Waals surface area contributed by atoms with Gasteiger partial charge < -0.3 is 19.5 Å². The lowest BCUT2D eigenvalue weighted by molar-refractivity contribution is 0.165. The summed E-state index contributed by atoms with van der Waals surface area (Å²) in [5.74, 6) is 0. The summed E-state index contributed by atoms with van der Waals surface area (Å²) in [5, 5.41) is 3.63. The highest BCUT2D eigenvalue weighted by atomic mass is 35.5. The molecule has 25 heavy (non-hydrogen) atoms. The van der Waals surface area contributed by atoms with Crippen molar-refractivity contribution in [2.75, 3.05) is 26.8 Å². The minimum Gasteiger partial charge on any atom is -0.385 e. The molecule has 0 unspecified atom stereocenters. The van der Waals surface area contributed by atoms with Gasteiger partial charge in [0.2, 0.25) is 0 Å². The zero-order valence-electron chi connectivity index (χ0n) is 14.9. The molecule has 5 nitrogen and oxygen atoms in total. The van der Waals surface area contributed by atoms with E-state index >= 15 is 0 Å². The Morgan fingerprint density at radius 3 is 2.80 bits per heavy atom. The molecule has 0 aliphatic heterocycles. The van der Waals surface area contributed by atoms with Gasteiger partial charge in [0.1, 0.15) is 0 Å². The van der Waals surface area contributed by atoms with Crippen molar-refractivity contribution in [2.24, 2.45) is 0 Å². The molecule has 0 saturated carbocycles. The van der Waals surface area contributed by atoms with E-state index in [0.717, 1.165) is 22.7 Å². The number of nitrogens with one attached hydrogen (secondary N) is 1. The molecule has 0 atom stereocenters. The fourth-order valence-electron chi connectivity index (χ4n) is 2.67. The van der Waals surface area contributed by atoms with Crippen molar-refractivity contribution in [2.45, 2.75) is 26.4 Å². The van der Waals surface area contributed by atoms with Crippen LogP contribution < -0.4 is 5.32 Å². The Labute approximate surface area is 154 Å². The van der Waals surface area contributed by atoms with Crippen molar-refractivity contribution in [3.8, 4) is 0 Å². The molecule has 2 rings (SSSR count). The van der Waals surface area contributed by atoms with Crippen molar-refractivity contribution in [1.29, 1.82) is 0 Å². The van der Waals surface area contributed by atoms with Crippen molar-refractivity contribution in [3.05, 3.63) is 58.9 Å². The van der Waals surface area contributed by atoms with E-state index in [-0.39, 0.29) is 6.03 Å². The van der Waals surface area contributed by atoms with Gasteiger partial charge in [-0.15, -0.1) is 0 Å². The van der Waals surface area contributed by atoms with Crippen LogP contribution in [-0.2, 0) is 17.8 Å². The Balaban J connectivity index is 2.09. The zero-order chi connectivity index (χ0) is 18.1. The summed E-state index contributed by atoms with van der Waals surface area (Å²) in [7, 11) is 1.67.